The summed E-state index contributed by atoms with van der Waals surface area (Å²) in [5, 5.41) is 4.42. The molecule has 0 spiro atoms. The lowest BCUT2D eigenvalue weighted by atomic mass is 10.1. The fraction of sp³-hybridized carbons (Fsp3) is 0.0769. The van der Waals surface area contributed by atoms with Crippen molar-refractivity contribution in [2.24, 2.45) is 0 Å². The molecule has 3 rings (SSSR count). The maximum atomic E-state index is 12.9. The molecule has 1 aromatic carbocycles. The van der Waals surface area contributed by atoms with Crippen LogP contribution in [0.15, 0.2) is 36.5 Å². The number of anilines is 1. The Labute approximate surface area is 103 Å². The van der Waals surface area contributed by atoms with Crippen molar-refractivity contribution in [1.29, 1.82) is 0 Å². The molecule has 0 radical (unpaired) electrons. The second-order valence-corrected chi connectivity index (χ2v) is 4.11. The van der Waals surface area contributed by atoms with Crippen LogP contribution < -0.4 is 5.73 Å². The molecule has 0 fully saturated rings. The van der Waals surface area contributed by atoms with Crippen molar-refractivity contribution < 1.29 is 4.39 Å². The van der Waals surface area contributed by atoms with Crippen LogP contribution in [-0.4, -0.2) is 14.6 Å². The summed E-state index contributed by atoms with van der Waals surface area (Å²) in [4.78, 5) is 4.21. The number of halogens is 1. The van der Waals surface area contributed by atoms with Crippen molar-refractivity contribution in [3.63, 3.8) is 0 Å². The summed E-state index contributed by atoms with van der Waals surface area (Å²) >= 11 is 0. The van der Waals surface area contributed by atoms with Crippen LogP contribution in [0.3, 0.4) is 0 Å². The summed E-state index contributed by atoms with van der Waals surface area (Å²) in [6.07, 6.45) is 1.61. The minimum Gasteiger partial charge on any atom is -0.396 e. The van der Waals surface area contributed by atoms with Crippen LogP contribution in [0, 0.1) is 12.7 Å². The SMILES string of the molecule is Cc1c(N)cnc2cc(-c3ccc(F)cc3)nn12. The molecule has 3 aromatic rings. The topological polar surface area (TPSA) is 56.2 Å². The predicted molar refractivity (Wildman–Crippen MR) is 67.5 cm³/mol. The Morgan fingerprint density at radius 3 is 2.67 bits per heavy atom. The van der Waals surface area contributed by atoms with Gasteiger partial charge >= 0.3 is 0 Å². The van der Waals surface area contributed by atoms with Gasteiger partial charge in [-0.3, -0.25) is 0 Å². The van der Waals surface area contributed by atoms with Crippen LogP contribution in [0.2, 0.25) is 0 Å². The van der Waals surface area contributed by atoms with Crippen molar-refractivity contribution in [2.45, 2.75) is 6.92 Å². The summed E-state index contributed by atoms with van der Waals surface area (Å²) in [5.41, 5.74) is 9.53. The molecule has 0 bridgehead atoms. The van der Waals surface area contributed by atoms with Crippen molar-refractivity contribution in [2.75, 3.05) is 5.73 Å². The van der Waals surface area contributed by atoms with Gasteiger partial charge in [-0.1, -0.05) is 0 Å². The molecule has 0 unspecified atom stereocenters. The monoisotopic (exact) mass is 242 g/mol. The lowest BCUT2D eigenvalue weighted by molar-refractivity contribution is 0.628. The van der Waals surface area contributed by atoms with E-state index in [1.165, 1.54) is 12.1 Å². The van der Waals surface area contributed by atoms with E-state index in [1.807, 2.05) is 13.0 Å². The minimum atomic E-state index is -0.263. The standard InChI is InChI=1S/C13H11FN4/c1-8-11(15)7-16-13-6-12(17-18(8)13)9-2-4-10(14)5-3-9/h2-7H,15H2,1H3. The molecule has 2 aromatic heterocycles. The molecule has 5 heteroatoms. The molecule has 0 saturated heterocycles. The van der Waals surface area contributed by atoms with Gasteiger partial charge in [-0.15, -0.1) is 0 Å². The fourth-order valence-corrected chi connectivity index (χ4v) is 1.82. The zero-order valence-corrected chi connectivity index (χ0v) is 9.76. The molecule has 4 nitrogen and oxygen atoms in total. The van der Waals surface area contributed by atoms with Crippen LogP contribution in [-0.2, 0) is 0 Å². The van der Waals surface area contributed by atoms with Crippen LogP contribution in [0.4, 0.5) is 10.1 Å². The molecule has 0 aliphatic rings. The van der Waals surface area contributed by atoms with Gasteiger partial charge in [-0.05, 0) is 31.2 Å². The van der Waals surface area contributed by atoms with Gasteiger partial charge in [-0.25, -0.2) is 13.9 Å². The third kappa shape index (κ3) is 1.60. The highest BCUT2D eigenvalue weighted by molar-refractivity contribution is 5.65. The first kappa shape index (κ1) is 10.7. The van der Waals surface area contributed by atoms with Gasteiger partial charge < -0.3 is 5.73 Å². The van der Waals surface area contributed by atoms with Crippen molar-refractivity contribution >= 4 is 11.3 Å². The van der Waals surface area contributed by atoms with E-state index in [0.717, 1.165) is 22.6 Å². The van der Waals surface area contributed by atoms with E-state index in [2.05, 4.69) is 10.1 Å². The summed E-state index contributed by atoms with van der Waals surface area (Å²) in [6, 6.07) is 8.05. The molecule has 0 saturated carbocycles. The number of aryl methyl sites for hydroxylation is 1. The maximum Gasteiger partial charge on any atom is 0.155 e. The molecule has 0 aliphatic heterocycles. The first-order valence-corrected chi connectivity index (χ1v) is 5.52. The van der Waals surface area contributed by atoms with Crippen molar-refractivity contribution in [1.82, 2.24) is 14.6 Å². The predicted octanol–water partition coefficient (Wildman–Crippen LogP) is 2.43. The first-order chi connectivity index (χ1) is 8.65. The minimum absolute atomic E-state index is 0.263. The highest BCUT2D eigenvalue weighted by Gasteiger charge is 2.08. The summed E-state index contributed by atoms with van der Waals surface area (Å²) in [7, 11) is 0. The second-order valence-electron chi connectivity index (χ2n) is 4.11. The van der Waals surface area contributed by atoms with Gasteiger partial charge in [0.2, 0.25) is 0 Å². The number of hydrogen-bond donors (Lipinski definition) is 1. The summed E-state index contributed by atoms with van der Waals surface area (Å²) < 4.78 is 14.6. The third-order valence-electron chi connectivity index (χ3n) is 2.90. The van der Waals surface area contributed by atoms with E-state index in [9.17, 15) is 4.39 Å². The number of rotatable bonds is 1. The fourth-order valence-electron chi connectivity index (χ4n) is 1.82. The van der Waals surface area contributed by atoms with E-state index >= 15 is 0 Å². The van der Waals surface area contributed by atoms with Crippen LogP contribution >= 0.6 is 0 Å². The number of nitrogen functional groups attached to an aromatic ring is 1. The average Bonchev–Trinajstić information content (AvgIpc) is 2.80. The quantitative estimate of drug-likeness (QED) is 0.713. The normalized spacial score (nSPS) is 11.0. The number of benzene rings is 1. The number of nitrogens with two attached hydrogens (primary N) is 1. The third-order valence-corrected chi connectivity index (χ3v) is 2.90. The lowest BCUT2D eigenvalue weighted by Gasteiger charge is -2.00. The lowest BCUT2D eigenvalue weighted by Crippen LogP contribution is -2.00. The van der Waals surface area contributed by atoms with E-state index in [4.69, 9.17) is 5.73 Å². The molecular weight excluding hydrogens is 231 g/mol. The van der Waals surface area contributed by atoms with Crippen molar-refractivity contribution in [3.8, 4) is 11.3 Å². The van der Waals surface area contributed by atoms with Gasteiger partial charge in [0.15, 0.2) is 5.65 Å². The van der Waals surface area contributed by atoms with Gasteiger partial charge in [0.05, 0.1) is 23.3 Å². The van der Waals surface area contributed by atoms with Crippen LogP contribution in [0.25, 0.3) is 16.9 Å². The zero-order chi connectivity index (χ0) is 12.7. The summed E-state index contributed by atoms with van der Waals surface area (Å²) in [6.45, 7) is 1.88. The number of hydrogen-bond acceptors (Lipinski definition) is 3. The second kappa shape index (κ2) is 3.80. The molecular formula is C13H11FN4. The molecule has 18 heavy (non-hydrogen) atoms. The highest BCUT2D eigenvalue weighted by Crippen LogP contribution is 2.21. The molecule has 2 N–H and O–H groups in total. The van der Waals surface area contributed by atoms with Gasteiger partial charge in [0.1, 0.15) is 5.82 Å². The van der Waals surface area contributed by atoms with Crippen LogP contribution in [0.1, 0.15) is 5.69 Å². The van der Waals surface area contributed by atoms with Gasteiger partial charge in [0, 0.05) is 11.6 Å². The highest BCUT2D eigenvalue weighted by atomic mass is 19.1. The Hall–Kier alpha value is -2.43. The average molecular weight is 242 g/mol. The Morgan fingerprint density at radius 1 is 1.22 bits per heavy atom. The van der Waals surface area contributed by atoms with E-state index in [0.29, 0.717) is 5.69 Å². The first-order valence-electron chi connectivity index (χ1n) is 5.52. The summed E-state index contributed by atoms with van der Waals surface area (Å²) in [5.74, 6) is -0.263. The largest absolute Gasteiger partial charge is 0.396 e. The van der Waals surface area contributed by atoms with E-state index in [1.54, 1.807) is 22.8 Å². The number of aromatic nitrogens is 3. The van der Waals surface area contributed by atoms with Gasteiger partial charge in [-0.2, -0.15) is 5.10 Å². The Bertz CT molecular complexity index is 716. The smallest absolute Gasteiger partial charge is 0.155 e. The Kier molecular flexibility index (Phi) is 2.26. The number of nitrogens with zero attached hydrogens (tertiary/aromatic N) is 3. The molecule has 0 aliphatic carbocycles. The Balaban J connectivity index is 2.19. The zero-order valence-electron chi connectivity index (χ0n) is 9.76. The molecule has 90 valence electrons. The molecule has 2 heterocycles. The van der Waals surface area contributed by atoms with Crippen LogP contribution in [0.5, 0.6) is 0 Å². The number of fused-ring (bicyclic) bond motifs is 1. The van der Waals surface area contributed by atoms with E-state index < -0.39 is 0 Å². The molecule has 0 atom stereocenters. The van der Waals surface area contributed by atoms with E-state index in [-0.39, 0.29) is 5.82 Å². The van der Waals surface area contributed by atoms with Crippen molar-refractivity contribution in [3.05, 3.63) is 48.0 Å². The Morgan fingerprint density at radius 2 is 1.94 bits per heavy atom. The van der Waals surface area contributed by atoms with Gasteiger partial charge in [0.25, 0.3) is 0 Å². The molecule has 0 amide bonds. The maximum absolute atomic E-state index is 12.9.